The number of nitrogens with two attached hydrogens (primary N) is 1. The smallest absolute Gasteiger partial charge is 0.248 e. The van der Waals surface area contributed by atoms with E-state index in [-0.39, 0.29) is 25.1 Å². The molecule has 0 saturated heterocycles. The number of aliphatic hydroxyl groups excluding tert-OH is 1. The van der Waals surface area contributed by atoms with Gasteiger partial charge in [0.25, 0.3) is 0 Å². The number of aromatic nitrogens is 1. The van der Waals surface area contributed by atoms with Gasteiger partial charge in [0.1, 0.15) is 28.5 Å². The van der Waals surface area contributed by atoms with Gasteiger partial charge in [-0.05, 0) is 58.6 Å². The first-order valence-electron chi connectivity index (χ1n) is 14.1. The number of anilines is 1. The molecule has 7 N–H and O–H groups in total. The van der Waals surface area contributed by atoms with E-state index in [1.807, 2.05) is 6.07 Å². The first-order chi connectivity index (χ1) is 21.5. The van der Waals surface area contributed by atoms with E-state index in [2.05, 4.69) is 42.2 Å². The standard InChI is InChI=1S/C32H35BrN6O6/c1-20(40)29(39-28(42)18-15-21-9-4-2-5-10-21)32(45)36-24(19-22-11-6-3-7-12-22)31(44)35-23(16-17-26(34)41)30(43)38-27-14-8-13-25(33)37-27/h2-15,18,20,23-24,29,40H,16-17,19H2,1H3,(H2,34,41)(H,35,44)(H,36,45)(H,39,42)(H,37,38,43)/b18-15+/t20-,23+,24+,29+/m1/s1. The maximum absolute atomic E-state index is 13.6. The Labute approximate surface area is 269 Å². The summed E-state index contributed by atoms with van der Waals surface area (Å²) < 4.78 is 0.471. The van der Waals surface area contributed by atoms with Crippen LogP contribution in [0.25, 0.3) is 6.08 Å². The van der Waals surface area contributed by atoms with Crippen molar-refractivity contribution in [2.75, 3.05) is 5.32 Å². The van der Waals surface area contributed by atoms with Gasteiger partial charge in [0, 0.05) is 18.9 Å². The van der Waals surface area contributed by atoms with Gasteiger partial charge in [-0.15, -0.1) is 0 Å². The lowest BCUT2D eigenvalue weighted by molar-refractivity contribution is -0.134. The SMILES string of the molecule is C[C@@H](O)[C@H](NC(=O)/C=C/c1ccccc1)C(=O)N[C@@H](Cc1ccccc1)C(=O)N[C@@H](CCC(N)=O)C(=O)Nc1cccc(Br)n1. The van der Waals surface area contributed by atoms with Crippen LogP contribution in [0.1, 0.15) is 30.9 Å². The molecule has 236 valence electrons. The summed E-state index contributed by atoms with van der Waals surface area (Å²) in [6, 6.07) is 18.9. The number of nitrogens with zero attached hydrogens (tertiary/aromatic N) is 1. The summed E-state index contributed by atoms with van der Waals surface area (Å²) in [6.45, 7) is 1.33. The molecule has 1 aromatic heterocycles. The molecule has 0 spiro atoms. The Bertz CT molecular complexity index is 1500. The molecule has 1 heterocycles. The van der Waals surface area contributed by atoms with E-state index >= 15 is 0 Å². The Hall–Kier alpha value is -4.88. The fourth-order valence-corrected chi connectivity index (χ4v) is 4.53. The molecule has 5 amide bonds. The molecule has 0 unspecified atom stereocenters. The minimum atomic E-state index is -1.40. The highest BCUT2D eigenvalue weighted by atomic mass is 79.9. The third-order valence-electron chi connectivity index (χ3n) is 6.48. The van der Waals surface area contributed by atoms with E-state index < -0.39 is 53.8 Å². The summed E-state index contributed by atoms with van der Waals surface area (Å²) in [5, 5.41) is 20.6. The maximum Gasteiger partial charge on any atom is 0.248 e. The van der Waals surface area contributed by atoms with Crippen LogP contribution in [0.4, 0.5) is 5.82 Å². The van der Waals surface area contributed by atoms with Crippen molar-refractivity contribution in [2.45, 2.75) is 50.4 Å². The number of primary amides is 1. The molecular formula is C32H35BrN6O6. The molecule has 0 radical (unpaired) electrons. The van der Waals surface area contributed by atoms with Crippen LogP contribution >= 0.6 is 15.9 Å². The number of carbonyl (C=O) groups excluding carboxylic acids is 5. The summed E-state index contributed by atoms with van der Waals surface area (Å²) >= 11 is 3.23. The molecule has 13 heteroatoms. The monoisotopic (exact) mass is 678 g/mol. The van der Waals surface area contributed by atoms with Gasteiger partial charge in [0.05, 0.1) is 6.10 Å². The van der Waals surface area contributed by atoms with Crippen molar-refractivity contribution in [3.05, 3.63) is 101 Å². The van der Waals surface area contributed by atoms with Crippen LogP contribution in [0.5, 0.6) is 0 Å². The number of pyridine rings is 1. The van der Waals surface area contributed by atoms with Crippen molar-refractivity contribution >= 4 is 57.4 Å². The van der Waals surface area contributed by atoms with Gasteiger partial charge < -0.3 is 32.1 Å². The highest BCUT2D eigenvalue weighted by molar-refractivity contribution is 9.10. The highest BCUT2D eigenvalue weighted by Crippen LogP contribution is 2.12. The third-order valence-corrected chi connectivity index (χ3v) is 6.93. The zero-order valence-corrected chi connectivity index (χ0v) is 26.1. The molecule has 0 bridgehead atoms. The average Bonchev–Trinajstić information content (AvgIpc) is 3.01. The Morgan fingerprint density at radius 2 is 1.49 bits per heavy atom. The van der Waals surface area contributed by atoms with Gasteiger partial charge in [-0.3, -0.25) is 24.0 Å². The van der Waals surface area contributed by atoms with E-state index in [4.69, 9.17) is 5.73 Å². The van der Waals surface area contributed by atoms with E-state index in [1.165, 1.54) is 13.0 Å². The number of aliphatic hydroxyl groups is 1. The molecule has 3 aromatic rings. The molecule has 0 fully saturated rings. The zero-order valence-electron chi connectivity index (χ0n) is 24.5. The molecular weight excluding hydrogens is 644 g/mol. The first-order valence-corrected chi connectivity index (χ1v) is 14.9. The fourth-order valence-electron chi connectivity index (χ4n) is 4.18. The van der Waals surface area contributed by atoms with Crippen LogP contribution in [0.15, 0.2) is 89.5 Å². The second kappa shape index (κ2) is 17.4. The lowest BCUT2D eigenvalue weighted by Gasteiger charge is -2.26. The minimum Gasteiger partial charge on any atom is -0.391 e. The zero-order chi connectivity index (χ0) is 32.8. The average molecular weight is 680 g/mol. The number of nitrogens with one attached hydrogen (secondary N) is 4. The van der Waals surface area contributed by atoms with Gasteiger partial charge in [-0.2, -0.15) is 0 Å². The molecule has 2 aromatic carbocycles. The fraction of sp³-hybridized carbons (Fsp3) is 0.250. The maximum atomic E-state index is 13.6. The summed E-state index contributed by atoms with van der Waals surface area (Å²) in [5.74, 6) is -3.31. The van der Waals surface area contributed by atoms with Crippen molar-refractivity contribution < 1.29 is 29.1 Å². The van der Waals surface area contributed by atoms with Crippen LogP contribution in [0.2, 0.25) is 0 Å². The summed E-state index contributed by atoms with van der Waals surface area (Å²) in [5.41, 5.74) is 6.76. The number of hydrogen-bond donors (Lipinski definition) is 6. The molecule has 45 heavy (non-hydrogen) atoms. The van der Waals surface area contributed by atoms with E-state index in [0.717, 1.165) is 5.56 Å². The van der Waals surface area contributed by atoms with E-state index in [0.29, 0.717) is 10.2 Å². The lowest BCUT2D eigenvalue weighted by Crippen LogP contribution is -2.59. The number of hydrogen-bond acceptors (Lipinski definition) is 7. The first kappa shape index (κ1) is 34.6. The van der Waals surface area contributed by atoms with Gasteiger partial charge in [-0.1, -0.05) is 66.7 Å². The number of halogens is 1. The molecule has 3 rings (SSSR count). The Balaban J connectivity index is 1.79. The van der Waals surface area contributed by atoms with Gasteiger partial charge >= 0.3 is 0 Å². The summed E-state index contributed by atoms with van der Waals surface area (Å²) in [7, 11) is 0. The molecule has 0 aliphatic heterocycles. The van der Waals surface area contributed by atoms with Crippen molar-refractivity contribution in [1.82, 2.24) is 20.9 Å². The van der Waals surface area contributed by atoms with Crippen LogP contribution in [-0.4, -0.2) is 63.9 Å². The minimum absolute atomic E-state index is 0.0180. The van der Waals surface area contributed by atoms with Crippen molar-refractivity contribution in [3.63, 3.8) is 0 Å². The van der Waals surface area contributed by atoms with Crippen LogP contribution in [-0.2, 0) is 30.4 Å². The Kier molecular flexibility index (Phi) is 13.4. The van der Waals surface area contributed by atoms with E-state index in [1.54, 1.807) is 78.9 Å². The molecule has 0 aliphatic rings. The van der Waals surface area contributed by atoms with Gasteiger partial charge in [0.2, 0.25) is 29.5 Å². The quantitative estimate of drug-likeness (QED) is 0.104. The predicted octanol–water partition coefficient (Wildman–Crippen LogP) is 1.84. The van der Waals surface area contributed by atoms with Crippen molar-refractivity contribution in [3.8, 4) is 0 Å². The predicted molar refractivity (Wildman–Crippen MR) is 172 cm³/mol. The van der Waals surface area contributed by atoms with Gasteiger partial charge in [-0.25, -0.2) is 4.98 Å². The molecule has 0 aliphatic carbocycles. The van der Waals surface area contributed by atoms with E-state index in [9.17, 15) is 29.1 Å². The summed E-state index contributed by atoms with van der Waals surface area (Å²) in [4.78, 5) is 68.4. The second-order valence-corrected chi connectivity index (χ2v) is 10.9. The van der Waals surface area contributed by atoms with Crippen LogP contribution in [0, 0.1) is 0 Å². The Morgan fingerprint density at radius 3 is 2.11 bits per heavy atom. The number of amides is 5. The molecule has 0 saturated carbocycles. The largest absolute Gasteiger partial charge is 0.391 e. The molecule has 4 atom stereocenters. The molecule has 12 nitrogen and oxygen atoms in total. The van der Waals surface area contributed by atoms with Gasteiger partial charge in [0.15, 0.2) is 0 Å². The summed E-state index contributed by atoms with van der Waals surface area (Å²) in [6.07, 6.45) is 1.17. The highest BCUT2D eigenvalue weighted by Gasteiger charge is 2.32. The Morgan fingerprint density at radius 1 is 0.844 bits per heavy atom. The van der Waals surface area contributed by atoms with Crippen LogP contribution < -0.4 is 27.0 Å². The normalized spacial score (nSPS) is 13.6. The second-order valence-electron chi connectivity index (χ2n) is 10.1. The van der Waals surface area contributed by atoms with Crippen molar-refractivity contribution in [1.29, 1.82) is 0 Å². The lowest BCUT2D eigenvalue weighted by atomic mass is 10.0. The number of benzene rings is 2. The third kappa shape index (κ3) is 12.0. The van der Waals surface area contributed by atoms with Crippen LogP contribution in [0.3, 0.4) is 0 Å². The topological polar surface area (TPSA) is 193 Å². The number of carbonyl (C=O) groups is 5. The van der Waals surface area contributed by atoms with Crippen molar-refractivity contribution in [2.24, 2.45) is 5.73 Å². The number of rotatable bonds is 15.